The molecule has 1 saturated heterocycles. The Morgan fingerprint density at radius 1 is 0.949 bits per heavy atom. The zero-order valence-electron chi connectivity index (χ0n) is 56.8. The minimum absolute atomic E-state index is 0.0611. The van der Waals surface area contributed by atoms with Gasteiger partial charge in [0.1, 0.15) is 42.3 Å². The number of benzene rings is 4. The predicted octanol–water partition coefficient (Wildman–Crippen LogP) is 10.7. The zero-order chi connectivity index (χ0) is 68.5. The predicted molar refractivity (Wildman–Crippen MR) is 371 cm³/mol. The molecule has 17 nitrogen and oxygen atoms in total. The van der Waals surface area contributed by atoms with Crippen LogP contribution in [0, 0.1) is 69.7 Å². The van der Waals surface area contributed by atoms with Crippen molar-refractivity contribution >= 4 is 16.7 Å². The van der Waals surface area contributed by atoms with Gasteiger partial charge in [-0.3, -0.25) is 0 Å². The number of aromatic carboxylic acids is 1. The quantitative estimate of drug-likeness (QED) is 0.0259. The highest BCUT2D eigenvalue weighted by molar-refractivity contribution is 5.92. The summed E-state index contributed by atoms with van der Waals surface area (Å²) in [6.45, 7) is 3.92. The van der Waals surface area contributed by atoms with Crippen LogP contribution in [0.3, 0.4) is 0 Å². The zero-order valence-corrected chi connectivity index (χ0v) is 56.8. The number of fused-ring (bicyclic) bond motifs is 7. The molecule has 4 aromatic carbocycles. The van der Waals surface area contributed by atoms with Gasteiger partial charge in [-0.2, -0.15) is 5.26 Å². The van der Waals surface area contributed by atoms with Crippen molar-refractivity contribution in [1.29, 1.82) is 5.26 Å². The highest BCUT2D eigenvalue weighted by atomic mass is 16.7. The number of methoxy groups -OCH3 is 1. The lowest BCUT2D eigenvalue weighted by atomic mass is 9.52. The molecule has 0 amide bonds. The lowest BCUT2D eigenvalue weighted by Gasteiger charge is -2.54. The van der Waals surface area contributed by atoms with Crippen LogP contribution < -0.4 is 10.1 Å². The molecule has 6 heterocycles. The van der Waals surface area contributed by atoms with Crippen molar-refractivity contribution in [2.75, 3.05) is 26.9 Å². The lowest BCUT2D eigenvalue weighted by molar-refractivity contribution is -0.337. The summed E-state index contributed by atoms with van der Waals surface area (Å²) in [4.78, 5) is 12.2. The summed E-state index contributed by atoms with van der Waals surface area (Å²) in [7, 11) is 1.62. The Balaban J connectivity index is 0.871. The van der Waals surface area contributed by atoms with Crippen molar-refractivity contribution in [3.8, 4) is 23.8 Å². The van der Waals surface area contributed by atoms with Gasteiger partial charge in [-0.15, -0.1) is 6.58 Å². The van der Waals surface area contributed by atoms with Crippen LogP contribution in [-0.4, -0.2) is 138 Å². The van der Waals surface area contributed by atoms with E-state index in [2.05, 4.69) is 78.6 Å². The molecule has 5 aromatic rings. The molecule has 5 aliphatic heterocycles. The Morgan fingerprint density at radius 3 is 2.56 bits per heavy atom. The van der Waals surface area contributed by atoms with Crippen LogP contribution in [0.1, 0.15) is 182 Å². The first-order valence-corrected chi connectivity index (χ1v) is 36.7. The molecular weight excluding hydrogens is 1250 g/mol. The van der Waals surface area contributed by atoms with Crippen LogP contribution >= 0.6 is 0 Å². The molecule has 524 valence electrons. The Hall–Kier alpha value is -6.84. The SMILES string of the molecule is C=CCc1ccc(OC2OC3C(CCCO)OC#CCC(O)C4CC2(OC(CCC2NC5c6c(ccc7cccc(c67)CC5O)C2C2CCCC2)=CC42C=CC4C(O)(CC5C(c6ccc(C(=O)O)cc6)CCC6CCCC654)C2)C(O)C3O)cc1CC(COC)C(CO)n1ccc(C#N)c1. The van der Waals surface area contributed by atoms with Gasteiger partial charge in [0.15, 0.2) is 5.60 Å². The van der Waals surface area contributed by atoms with E-state index in [1.165, 1.54) is 16.5 Å². The van der Waals surface area contributed by atoms with Crippen molar-refractivity contribution in [3.05, 3.63) is 172 Å². The van der Waals surface area contributed by atoms with Gasteiger partial charge in [0.2, 0.25) is 6.29 Å². The second-order valence-electron chi connectivity index (χ2n) is 31.2. The van der Waals surface area contributed by atoms with Crippen molar-refractivity contribution in [3.63, 3.8) is 0 Å². The van der Waals surface area contributed by atoms with Crippen LogP contribution in [0.15, 0.2) is 128 Å². The molecule has 99 heavy (non-hydrogen) atoms. The van der Waals surface area contributed by atoms with Gasteiger partial charge < -0.3 is 74.4 Å². The minimum Gasteiger partial charge on any atom is -0.482 e. The first kappa shape index (κ1) is 68.0. The maximum absolute atomic E-state index is 14.3. The molecule has 11 aliphatic rings. The summed E-state index contributed by atoms with van der Waals surface area (Å²) in [6, 6.07) is 27.0. The van der Waals surface area contributed by atoms with Gasteiger partial charge in [-0.1, -0.05) is 91.9 Å². The average Bonchev–Trinajstić information content (AvgIpc) is 1.56. The Labute approximate surface area is 580 Å². The third-order valence-corrected chi connectivity index (χ3v) is 26.1. The molecule has 9 N–H and O–H groups in total. The number of aliphatic hydroxyl groups is 7. The number of carboxylic acid groups (broad SMARTS) is 1. The standard InChI is InChI=1S/C82H97N3O14/c1-3-10-49-22-25-58(38-55(49)37-56(46-95-2)65(45-87)85-34-31-48(43-83)44-85)97-78-82-42-63(66(88)16-9-36-96-68(17-8-35-86)75(98-78)74(90)76(82)91)79(33-30-69-80(94,47-79)41-62-60(28-24-57-15-7-32-81(57,62)69)50-18-20-53(21-19-50)77(92)93)40-59(99-82)26-29-64-71(51-11-4-5-12-51)61-27-23-52-13-6-14-54-39-67(89)73(84-64)72(61)70(52)54/h3,6,13-14,18-23,25,27,30-31,33-34,38,40,44,51,56-57,60,62-69,71,73-76,78,84,86-91,94H,1,4-5,7-8,10-12,15-17,24,26,28-29,32,35,37,39,41-42,45-47H2,2H3,(H,92,93). The number of ether oxygens (including phenoxy) is 5. The summed E-state index contributed by atoms with van der Waals surface area (Å²) >= 11 is 0. The molecule has 3 bridgehead atoms. The molecule has 4 saturated carbocycles. The number of nitrogens with one attached hydrogen (secondary N) is 1. The Bertz CT molecular complexity index is 3990. The van der Waals surface area contributed by atoms with Crippen LogP contribution in [0.5, 0.6) is 5.75 Å². The number of allylic oxidation sites excluding steroid dienone is 4. The molecule has 16 rings (SSSR count). The maximum atomic E-state index is 14.3. The van der Waals surface area contributed by atoms with Crippen LogP contribution in [0.2, 0.25) is 0 Å². The summed E-state index contributed by atoms with van der Waals surface area (Å²) in [5.74, 6) is 2.49. The van der Waals surface area contributed by atoms with Crippen molar-refractivity contribution in [2.45, 2.75) is 212 Å². The number of nitriles is 1. The third kappa shape index (κ3) is 11.9. The first-order valence-electron chi connectivity index (χ1n) is 36.7. The van der Waals surface area contributed by atoms with Crippen molar-refractivity contribution in [2.24, 2.45) is 46.3 Å². The number of carbonyl (C=O) groups is 1. The highest BCUT2D eigenvalue weighted by Gasteiger charge is 2.71. The Morgan fingerprint density at radius 2 is 1.79 bits per heavy atom. The molecule has 6 aliphatic carbocycles. The van der Waals surface area contributed by atoms with Gasteiger partial charge in [-0.05, 0) is 193 Å². The van der Waals surface area contributed by atoms with E-state index in [1.54, 1.807) is 37.7 Å². The van der Waals surface area contributed by atoms with Crippen LogP contribution in [0.4, 0.5) is 0 Å². The smallest absolute Gasteiger partial charge is 0.335 e. The van der Waals surface area contributed by atoms with Gasteiger partial charge in [0.05, 0.1) is 60.0 Å². The highest BCUT2D eigenvalue weighted by Crippen LogP contribution is 2.74. The van der Waals surface area contributed by atoms with Gasteiger partial charge in [-0.25, -0.2) is 4.79 Å². The number of hydrogen-bond acceptors (Lipinski definition) is 15. The summed E-state index contributed by atoms with van der Waals surface area (Å²) in [5.41, 5.74) is 2.44. The molecule has 21 unspecified atom stereocenters. The monoisotopic (exact) mass is 1350 g/mol. The Kier molecular flexibility index (Phi) is 18.9. The van der Waals surface area contributed by atoms with E-state index in [0.29, 0.717) is 67.4 Å². The van der Waals surface area contributed by atoms with E-state index in [1.807, 2.05) is 41.0 Å². The first-order chi connectivity index (χ1) is 48.1. The van der Waals surface area contributed by atoms with E-state index < -0.39 is 77.5 Å². The fourth-order valence-corrected chi connectivity index (χ4v) is 21.9. The van der Waals surface area contributed by atoms with Gasteiger partial charge >= 0.3 is 5.97 Å². The van der Waals surface area contributed by atoms with Crippen molar-refractivity contribution < 1.29 is 69.3 Å². The number of hydrogen-bond donors (Lipinski definition) is 9. The second-order valence-corrected chi connectivity index (χ2v) is 31.2. The van der Waals surface area contributed by atoms with E-state index in [9.17, 15) is 50.9 Å². The fraction of sp³-hybridized carbons (Fsp3) is 0.561. The molecule has 1 aromatic heterocycles. The molecular formula is C82H97N3O14. The summed E-state index contributed by atoms with van der Waals surface area (Å²) < 4.78 is 36.5. The summed E-state index contributed by atoms with van der Waals surface area (Å²) in [5, 5.41) is 114. The van der Waals surface area contributed by atoms with Crippen molar-refractivity contribution in [1.82, 2.24) is 9.88 Å². The molecule has 0 radical (unpaired) electrons. The molecule has 17 heteroatoms. The van der Waals surface area contributed by atoms with E-state index in [4.69, 9.17) is 23.7 Å². The van der Waals surface area contributed by atoms with Crippen LogP contribution in [0.25, 0.3) is 10.8 Å². The summed E-state index contributed by atoms with van der Waals surface area (Å²) in [6.07, 6.45) is 18.1. The normalized spacial score (nSPS) is 36.3. The number of aliphatic hydroxyl groups excluding tert-OH is 6. The van der Waals surface area contributed by atoms with E-state index in [-0.39, 0.29) is 105 Å². The van der Waals surface area contributed by atoms with E-state index >= 15 is 0 Å². The topological polar surface area (TPSA) is 266 Å². The number of nitrogens with zero attached hydrogens (tertiary/aromatic N) is 2. The van der Waals surface area contributed by atoms with Crippen LogP contribution in [-0.2, 0) is 38.2 Å². The fourth-order valence-electron chi connectivity index (χ4n) is 21.9. The molecule has 21 atom stereocenters. The second kappa shape index (κ2) is 27.5. The lowest BCUT2D eigenvalue weighted by Crippen LogP contribution is -2.71. The number of aromatic nitrogens is 1. The maximum Gasteiger partial charge on any atom is 0.335 e. The molecule has 3 spiro atoms. The number of carboxylic acids is 1. The largest absolute Gasteiger partial charge is 0.482 e. The average molecular weight is 1350 g/mol. The van der Waals surface area contributed by atoms with Gasteiger partial charge in [0.25, 0.3) is 0 Å². The third-order valence-electron chi connectivity index (χ3n) is 26.1. The van der Waals surface area contributed by atoms with Gasteiger partial charge in [0, 0.05) is 86.9 Å². The van der Waals surface area contributed by atoms with E-state index in [0.717, 1.165) is 85.4 Å². The number of rotatable bonds is 20. The molecule has 5 fully saturated rings. The minimum atomic E-state index is -2.00.